The quantitative estimate of drug-likeness (QED) is 0.299. The Labute approximate surface area is 222 Å². The molecule has 0 bridgehead atoms. The van der Waals surface area contributed by atoms with Gasteiger partial charge in [0.25, 0.3) is 0 Å². The van der Waals surface area contributed by atoms with Gasteiger partial charge in [-0.2, -0.15) is 0 Å². The SMILES string of the molecule is CC1(C)CC(N(Cc2ccccc2F)CC2CCOC2)CC(C)(C)N1.O=C(O)CC(O)(CC(=O)O)C(=O)O. The van der Waals surface area contributed by atoms with Crippen molar-refractivity contribution in [3.8, 4) is 0 Å². The maximum atomic E-state index is 14.3. The lowest BCUT2D eigenvalue weighted by Gasteiger charge is -2.50. The highest BCUT2D eigenvalue weighted by atomic mass is 19.1. The number of ether oxygens (including phenoxy) is 1. The molecule has 11 heteroatoms. The number of carboxylic acid groups (broad SMARTS) is 3. The molecule has 2 heterocycles. The average Bonchev–Trinajstić information content (AvgIpc) is 3.25. The standard InChI is InChI=1S/C21H33FN2O.C6H8O7/c1-20(2)11-18(12-21(3,4)23-20)24(13-16-9-10-25-15-16)14-17-7-5-6-8-19(17)22;7-3(8)1-6(13,5(11)12)2-4(9)10/h5-8,16,18,23H,9-15H2,1-4H3;13H,1-2H2,(H,7,8)(H,9,10)(H,11,12). The van der Waals surface area contributed by atoms with E-state index in [1.54, 1.807) is 12.1 Å². The van der Waals surface area contributed by atoms with Crippen molar-refractivity contribution in [2.75, 3.05) is 19.8 Å². The lowest BCUT2D eigenvalue weighted by Crippen LogP contribution is -2.62. The van der Waals surface area contributed by atoms with Crippen molar-refractivity contribution in [1.82, 2.24) is 10.2 Å². The van der Waals surface area contributed by atoms with Gasteiger partial charge in [0.15, 0.2) is 5.60 Å². The van der Waals surface area contributed by atoms with Crippen LogP contribution in [0.4, 0.5) is 4.39 Å². The van der Waals surface area contributed by atoms with Crippen LogP contribution >= 0.6 is 0 Å². The van der Waals surface area contributed by atoms with Crippen LogP contribution < -0.4 is 5.32 Å². The second-order valence-corrected chi connectivity index (χ2v) is 11.7. The number of carbonyl (C=O) groups is 3. The summed E-state index contributed by atoms with van der Waals surface area (Å²) in [5.74, 6) is -4.55. The number of rotatable bonds is 10. The first-order chi connectivity index (χ1) is 17.5. The molecular formula is C27H41FN2O8. The number of hydrogen-bond acceptors (Lipinski definition) is 7. The van der Waals surface area contributed by atoms with E-state index in [1.165, 1.54) is 0 Å². The second kappa shape index (κ2) is 13.0. The molecule has 2 fully saturated rings. The zero-order chi connectivity index (χ0) is 28.7. The minimum atomic E-state index is -2.74. The van der Waals surface area contributed by atoms with Crippen molar-refractivity contribution < 1.29 is 43.9 Å². The van der Waals surface area contributed by atoms with Crippen LogP contribution in [0, 0.1) is 11.7 Å². The molecule has 1 aromatic carbocycles. The number of hydrogen-bond donors (Lipinski definition) is 5. The van der Waals surface area contributed by atoms with Gasteiger partial charge in [-0.1, -0.05) is 18.2 Å². The fraction of sp³-hybridized carbons (Fsp3) is 0.667. The predicted molar refractivity (Wildman–Crippen MR) is 137 cm³/mol. The number of nitrogens with zero attached hydrogens (tertiary/aromatic N) is 1. The Hall–Kier alpha value is -2.60. The monoisotopic (exact) mass is 540 g/mol. The summed E-state index contributed by atoms with van der Waals surface area (Å²) < 4.78 is 19.9. The third-order valence-electron chi connectivity index (χ3n) is 6.82. The molecule has 1 aromatic rings. The molecule has 0 spiro atoms. The summed E-state index contributed by atoms with van der Waals surface area (Å²) in [5.41, 5.74) is -1.76. The Balaban J connectivity index is 0.000000332. The molecule has 0 aromatic heterocycles. The van der Waals surface area contributed by atoms with E-state index in [-0.39, 0.29) is 16.9 Å². The highest BCUT2D eigenvalue weighted by Crippen LogP contribution is 2.33. The number of nitrogens with one attached hydrogen (secondary N) is 1. The third kappa shape index (κ3) is 9.94. The molecule has 2 aliphatic heterocycles. The third-order valence-corrected chi connectivity index (χ3v) is 6.82. The van der Waals surface area contributed by atoms with Gasteiger partial charge in [0.05, 0.1) is 19.4 Å². The largest absolute Gasteiger partial charge is 0.481 e. The first-order valence-corrected chi connectivity index (χ1v) is 12.8. The van der Waals surface area contributed by atoms with Crippen LogP contribution in [-0.2, 0) is 25.7 Å². The number of carboxylic acids is 3. The van der Waals surface area contributed by atoms with E-state index in [0.717, 1.165) is 44.6 Å². The summed E-state index contributed by atoms with van der Waals surface area (Å²) >= 11 is 0. The van der Waals surface area contributed by atoms with Gasteiger partial charge in [-0.15, -0.1) is 0 Å². The van der Waals surface area contributed by atoms with E-state index >= 15 is 0 Å². The Morgan fingerprint density at radius 3 is 2.05 bits per heavy atom. The van der Waals surface area contributed by atoms with E-state index in [1.807, 2.05) is 12.1 Å². The molecule has 2 aliphatic rings. The maximum Gasteiger partial charge on any atom is 0.336 e. The van der Waals surface area contributed by atoms with Crippen molar-refractivity contribution in [1.29, 1.82) is 0 Å². The van der Waals surface area contributed by atoms with E-state index < -0.39 is 36.4 Å². The molecule has 3 rings (SSSR count). The molecule has 0 aliphatic carbocycles. The molecule has 10 nitrogen and oxygen atoms in total. The van der Waals surface area contributed by atoms with Crippen molar-refractivity contribution in [2.45, 2.75) is 89.1 Å². The van der Waals surface area contributed by atoms with Gasteiger partial charge in [-0.3, -0.25) is 14.5 Å². The van der Waals surface area contributed by atoms with Gasteiger partial charge in [-0.25, -0.2) is 9.18 Å². The van der Waals surface area contributed by atoms with Crippen LogP contribution in [0.25, 0.3) is 0 Å². The summed E-state index contributed by atoms with van der Waals surface area (Å²) in [5, 5.41) is 37.6. The highest BCUT2D eigenvalue weighted by molar-refractivity contribution is 5.88. The van der Waals surface area contributed by atoms with Gasteiger partial charge in [0.2, 0.25) is 0 Å². The molecule has 1 unspecified atom stereocenters. The lowest BCUT2D eigenvalue weighted by atomic mass is 9.78. The highest BCUT2D eigenvalue weighted by Gasteiger charge is 2.41. The fourth-order valence-electron chi connectivity index (χ4n) is 5.49. The molecule has 38 heavy (non-hydrogen) atoms. The molecule has 214 valence electrons. The maximum absolute atomic E-state index is 14.3. The number of aliphatic hydroxyl groups is 1. The van der Waals surface area contributed by atoms with E-state index in [0.29, 0.717) is 18.5 Å². The summed E-state index contributed by atoms with van der Waals surface area (Å²) in [6.45, 7) is 12.5. The van der Waals surface area contributed by atoms with Crippen LogP contribution in [0.15, 0.2) is 24.3 Å². The molecule has 1 atom stereocenters. The van der Waals surface area contributed by atoms with Crippen LogP contribution in [0.5, 0.6) is 0 Å². The van der Waals surface area contributed by atoms with Gasteiger partial charge in [0, 0.05) is 42.4 Å². The van der Waals surface area contributed by atoms with Gasteiger partial charge < -0.3 is 30.5 Å². The van der Waals surface area contributed by atoms with Crippen LogP contribution in [-0.4, -0.2) is 85.7 Å². The minimum Gasteiger partial charge on any atom is -0.481 e. The summed E-state index contributed by atoms with van der Waals surface area (Å²) in [4.78, 5) is 33.0. The Morgan fingerprint density at radius 2 is 1.61 bits per heavy atom. The molecule has 5 N–H and O–H groups in total. The predicted octanol–water partition coefficient (Wildman–Crippen LogP) is 2.72. The lowest BCUT2D eigenvalue weighted by molar-refractivity contribution is -0.170. The Bertz CT molecular complexity index is 946. The molecule has 0 radical (unpaired) electrons. The smallest absolute Gasteiger partial charge is 0.336 e. The van der Waals surface area contributed by atoms with Crippen molar-refractivity contribution in [2.24, 2.45) is 5.92 Å². The van der Waals surface area contributed by atoms with Crippen molar-refractivity contribution >= 4 is 17.9 Å². The average molecular weight is 541 g/mol. The van der Waals surface area contributed by atoms with Gasteiger partial charge >= 0.3 is 17.9 Å². The topological polar surface area (TPSA) is 157 Å². The summed E-state index contributed by atoms with van der Waals surface area (Å²) in [6, 6.07) is 7.65. The molecule has 2 saturated heterocycles. The Kier molecular flexibility index (Phi) is 10.8. The van der Waals surface area contributed by atoms with E-state index in [2.05, 4.69) is 37.9 Å². The number of piperidine rings is 1. The fourth-order valence-corrected chi connectivity index (χ4v) is 5.49. The van der Waals surface area contributed by atoms with Crippen LogP contribution in [0.2, 0.25) is 0 Å². The molecular weight excluding hydrogens is 499 g/mol. The van der Waals surface area contributed by atoms with Crippen molar-refractivity contribution in [3.05, 3.63) is 35.6 Å². The number of halogens is 1. The zero-order valence-electron chi connectivity index (χ0n) is 22.6. The van der Waals surface area contributed by atoms with Crippen LogP contribution in [0.1, 0.15) is 65.4 Å². The first kappa shape index (κ1) is 31.6. The zero-order valence-corrected chi connectivity index (χ0v) is 22.6. The Morgan fingerprint density at radius 1 is 1.05 bits per heavy atom. The summed E-state index contributed by atoms with van der Waals surface area (Å²) in [7, 11) is 0. The molecule has 0 amide bonds. The first-order valence-electron chi connectivity index (χ1n) is 12.8. The van der Waals surface area contributed by atoms with Gasteiger partial charge in [0.1, 0.15) is 5.82 Å². The minimum absolute atomic E-state index is 0.0894. The number of benzene rings is 1. The van der Waals surface area contributed by atoms with Crippen LogP contribution in [0.3, 0.4) is 0 Å². The van der Waals surface area contributed by atoms with Crippen molar-refractivity contribution in [3.63, 3.8) is 0 Å². The normalized spacial score (nSPS) is 21.0. The van der Waals surface area contributed by atoms with E-state index in [4.69, 9.17) is 25.2 Å². The second-order valence-electron chi connectivity index (χ2n) is 11.7. The van der Waals surface area contributed by atoms with E-state index in [9.17, 15) is 18.8 Å². The molecule has 0 saturated carbocycles. The number of aliphatic carboxylic acids is 3. The summed E-state index contributed by atoms with van der Waals surface area (Å²) in [6.07, 6.45) is 0.992. The van der Waals surface area contributed by atoms with Gasteiger partial charge in [-0.05, 0) is 58.9 Å².